The second-order valence-electron chi connectivity index (χ2n) is 8.33. The standard InChI is InChI=1S/C18H32O16/c19-1-4-7(22)9(24)12(27)17(31-4)34-15-8(23)5(2-20)32-18(13(15)28)33-14-6(3-21)30-16(29)11(26)10(14)25/h4-29H,1-3H2/t4-,5-,6-,7+,8+,9+,10-,11-,12-,13-,14-,15+,16-,17-,18+/m1/s1. The predicted octanol–water partition coefficient (Wildman–Crippen LogP) is -7.57. The molecule has 11 N–H and O–H groups in total. The summed E-state index contributed by atoms with van der Waals surface area (Å²) in [5.41, 5.74) is 0. The van der Waals surface area contributed by atoms with Crippen LogP contribution in [0.4, 0.5) is 0 Å². The normalized spacial score (nSPS) is 52.5. The summed E-state index contributed by atoms with van der Waals surface area (Å²) in [4.78, 5) is 0. The molecule has 3 aliphatic rings. The maximum absolute atomic E-state index is 10.8. The van der Waals surface area contributed by atoms with Crippen molar-refractivity contribution in [1.29, 1.82) is 0 Å². The highest BCUT2D eigenvalue weighted by molar-refractivity contribution is 4.96. The number of ether oxygens (including phenoxy) is 5. The van der Waals surface area contributed by atoms with Gasteiger partial charge in [-0.3, -0.25) is 0 Å². The number of aliphatic hydroxyl groups excluding tert-OH is 11. The molecule has 0 aliphatic carbocycles. The van der Waals surface area contributed by atoms with Crippen LogP contribution in [0.25, 0.3) is 0 Å². The highest BCUT2D eigenvalue weighted by Gasteiger charge is 2.53. The fraction of sp³-hybridized carbons (Fsp3) is 1.00. The Morgan fingerprint density at radius 3 is 1.50 bits per heavy atom. The van der Waals surface area contributed by atoms with Gasteiger partial charge in [0, 0.05) is 0 Å². The van der Waals surface area contributed by atoms with Crippen molar-refractivity contribution in [2.24, 2.45) is 0 Å². The third-order valence-corrected chi connectivity index (χ3v) is 6.09. The molecule has 16 nitrogen and oxygen atoms in total. The molecule has 0 aromatic carbocycles. The average molecular weight is 504 g/mol. The molecule has 0 amide bonds. The maximum Gasteiger partial charge on any atom is 0.187 e. The SMILES string of the molecule is OC[C@H]1O[C@H](O[C@H]2[C@@H](O)[C@@H](CO)O[C@@H](O[C@H]3[C@H](O)[C@@H](O)[C@H](O)O[C@@H]3CO)[C@@H]2O)[C@H](O)[C@@H](O)[C@H]1O. The highest BCUT2D eigenvalue weighted by Crippen LogP contribution is 2.32. The van der Waals surface area contributed by atoms with Gasteiger partial charge in [0.05, 0.1) is 19.8 Å². The monoisotopic (exact) mass is 504 g/mol. The van der Waals surface area contributed by atoms with Gasteiger partial charge >= 0.3 is 0 Å². The lowest BCUT2D eigenvalue weighted by atomic mass is 9.96. The first-order valence-electron chi connectivity index (χ1n) is 10.6. The van der Waals surface area contributed by atoms with Gasteiger partial charge in [-0.05, 0) is 0 Å². The van der Waals surface area contributed by atoms with Crippen LogP contribution in [0.1, 0.15) is 0 Å². The van der Waals surface area contributed by atoms with Crippen molar-refractivity contribution in [1.82, 2.24) is 0 Å². The van der Waals surface area contributed by atoms with Crippen molar-refractivity contribution in [3.8, 4) is 0 Å². The van der Waals surface area contributed by atoms with Crippen LogP contribution >= 0.6 is 0 Å². The van der Waals surface area contributed by atoms with E-state index < -0.39 is 112 Å². The summed E-state index contributed by atoms with van der Waals surface area (Å²) in [7, 11) is 0. The minimum atomic E-state index is -1.90. The Hall–Kier alpha value is -0.640. The van der Waals surface area contributed by atoms with Gasteiger partial charge in [-0.2, -0.15) is 0 Å². The fourth-order valence-corrected chi connectivity index (χ4v) is 4.05. The second-order valence-corrected chi connectivity index (χ2v) is 8.33. The smallest absolute Gasteiger partial charge is 0.187 e. The third-order valence-electron chi connectivity index (χ3n) is 6.09. The molecule has 3 saturated heterocycles. The van der Waals surface area contributed by atoms with Gasteiger partial charge in [0.2, 0.25) is 0 Å². The summed E-state index contributed by atoms with van der Waals surface area (Å²) in [5.74, 6) is 0. The first-order chi connectivity index (χ1) is 16.0. The van der Waals surface area contributed by atoms with E-state index in [0.717, 1.165) is 0 Å². The van der Waals surface area contributed by atoms with E-state index in [4.69, 9.17) is 23.7 Å². The predicted molar refractivity (Wildman–Crippen MR) is 101 cm³/mol. The number of hydrogen-bond donors (Lipinski definition) is 11. The zero-order valence-corrected chi connectivity index (χ0v) is 17.7. The number of rotatable bonds is 7. The fourth-order valence-electron chi connectivity index (χ4n) is 4.05. The second kappa shape index (κ2) is 11.6. The van der Waals surface area contributed by atoms with E-state index in [0.29, 0.717) is 0 Å². The van der Waals surface area contributed by atoms with E-state index in [-0.39, 0.29) is 0 Å². The zero-order chi connectivity index (χ0) is 25.3. The van der Waals surface area contributed by atoms with Crippen LogP contribution in [0, 0.1) is 0 Å². The Balaban J connectivity index is 1.78. The van der Waals surface area contributed by atoms with Crippen LogP contribution < -0.4 is 0 Å². The van der Waals surface area contributed by atoms with Gasteiger partial charge in [0.25, 0.3) is 0 Å². The highest BCUT2D eigenvalue weighted by atomic mass is 16.7. The van der Waals surface area contributed by atoms with E-state index in [9.17, 15) is 56.2 Å². The van der Waals surface area contributed by atoms with Crippen LogP contribution in [0.3, 0.4) is 0 Å². The van der Waals surface area contributed by atoms with Crippen molar-refractivity contribution in [3.05, 3.63) is 0 Å². The van der Waals surface area contributed by atoms with Gasteiger partial charge < -0.3 is 79.9 Å². The molecule has 200 valence electrons. The van der Waals surface area contributed by atoms with Crippen molar-refractivity contribution < 1.29 is 79.9 Å². The van der Waals surface area contributed by atoms with E-state index >= 15 is 0 Å². The summed E-state index contributed by atoms with van der Waals surface area (Å²) in [6.07, 6.45) is -25.4. The topological polar surface area (TPSA) is 269 Å². The van der Waals surface area contributed by atoms with Crippen molar-refractivity contribution in [2.45, 2.75) is 92.1 Å². The zero-order valence-electron chi connectivity index (χ0n) is 17.7. The lowest BCUT2D eigenvalue weighted by Gasteiger charge is -2.47. The number of aliphatic hydroxyl groups is 11. The molecular weight excluding hydrogens is 472 g/mol. The molecule has 0 bridgehead atoms. The lowest BCUT2D eigenvalue weighted by molar-refractivity contribution is -0.378. The Morgan fingerprint density at radius 1 is 0.441 bits per heavy atom. The van der Waals surface area contributed by atoms with Gasteiger partial charge in [0.15, 0.2) is 18.9 Å². The Morgan fingerprint density at radius 2 is 0.941 bits per heavy atom. The Bertz CT molecular complexity index is 637. The maximum atomic E-state index is 10.8. The van der Waals surface area contributed by atoms with Crippen LogP contribution in [-0.2, 0) is 23.7 Å². The summed E-state index contributed by atoms with van der Waals surface area (Å²) >= 11 is 0. The van der Waals surface area contributed by atoms with Crippen molar-refractivity contribution in [3.63, 3.8) is 0 Å². The number of hydrogen-bond acceptors (Lipinski definition) is 16. The lowest BCUT2D eigenvalue weighted by Crippen LogP contribution is -2.66. The van der Waals surface area contributed by atoms with E-state index in [1.807, 2.05) is 0 Å². The molecule has 3 fully saturated rings. The molecule has 0 radical (unpaired) electrons. The first-order valence-corrected chi connectivity index (χ1v) is 10.6. The minimum absolute atomic E-state index is 0.759. The van der Waals surface area contributed by atoms with E-state index in [1.54, 1.807) is 0 Å². The molecule has 0 unspecified atom stereocenters. The van der Waals surface area contributed by atoms with Crippen LogP contribution in [0.5, 0.6) is 0 Å². The van der Waals surface area contributed by atoms with Gasteiger partial charge in [0.1, 0.15) is 73.2 Å². The molecule has 3 rings (SSSR count). The van der Waals surface area contributed by atoms with Crippen molar-refractivity contribution >= 4 is 0 Å². The summed E-state index contributed by atoms with van der Waals surface area (Å²) in [6, 6.07) is 0. The third kappa shape index (κ3) is 5.37. The van der Waals surface area contributed by atoms with Crippen molar-refractivity contribution in [2.75, 3.05) is 19.8 Å². The molecule has 0 aromatic heterocycles. The quantitative estimate of drug-likeness (QED) is 0.154. The summed E-state index contributed by atoms with van der Waals surface area (Å²) in [5, 5.41) is 109. The largest absolute Gasteiger partial charge is 0.394 e. The van der Waals surface area contributed by atoms with Crippen LogP contribution in [-0.4, -0.2) is 168 Å². The average Bonchev–Trinajstić information content (AvgIpc) is 2.83. The molecule has 16 heteroatoms. The molecule has 34 heavy (non-hydrogen) atoms. The van der Waals surface area contributed by atoms with E-state index in [2.05, 4.69) is 0 Å². The summed E-state index contributed by atoms with van der Waals surface area (Å²) in [6.45, 7) is -2.34. The first kappa shape index (κ1) is 27.9. The Kier molecular flexibility index (Phi) is 9.54. The molecule has 0 aromatic rings. The van der Waals surface area contributed by atoms with Gasteiger partial charge in [-0.25, -0.2) is 0 Å². The molecule has 3 heterocycles. The Labute approximate surface area is 192 Å². The molecule has 3 aliphatic heterocycles. The molecule has 0 spiro atoms. The molecular formula is C18H32O16. The van der Waals surface area contributed by atoms with Gasteiger partial charge in [-0.15, -0.1) is 0 Å². The van der Waals surface area contributed by atoms with E-state index in [1.165, 1.54) is 0 Å². The summed E-state index contributed by atoms with van der Waals surface area (Å²) < 4.78 is 26.4. The molecule has 15 atom stereocenters. The van der Waals surface area contributed by atoms with Gasteiger partial charge in [-0.1, -0.05) is 0 Å². The van der Waals surface area contributed by atoms with Crippen LogP contribution in [0.2, 0.25) is 0 Å². The minimum Gasteiger partial charge on any atom is -0.394 e. The van der Waals surface area contributed by atoms with Crippen LogP contribution in [0.15, 0.2) is 0 Å². The molecule has 0 saturated carbocycles.